The molecule has 0 unspecified atom stereocenters. The molecule has 7 heteroatoms. The van der Waals surface area contributed by atoms with Gasteiger partial charge in [-0.15, -0.1) is 0 Å². The molecule has 182 valence electrons. The Hall–Kier alpha value is -3.19. The highest BCUT2D eigenvalue weighted by molar-refractivity contribution is 7.63. The zero-order valence-electron chi connectivity index (χ0n) is 21.2. The van der Waals surface area contributed by atoms with E-state index in [1.54, 1.807) is 0 Å². The Labute approximate surface area is 217 Å². The van der Waals surface area contributed by atoms with Crippen molar-refractivity contribution in [2.24, 2.45) is 0 Å². The van der Waals surface area contributed by atoms with Gasteiger partial charge in [-0.3, -0.25) is 10.1 Å². The van der Waals surface area contributed by atoms with E-state index in [4.69, 9.17) is 16.6 Å². The average molecular weight is 514 g/mol. The highest BCUT2D eigenvalue weighted by Gasteiger charge is 2.32. The first-order valence-corrected chi connectivity index (χ1v) is 14.6. The van der Waals surface area contributed by atoms with Gasteiger partial charge in [0.1, 0.15) is 0 Å². The van der Waals surface area contributed by atoms with Crippen LogP contribution in [0, 0.1) is 18.3 Å². The number of halogens is 1. The molecule has 0 saturated heterocycles. The average Bonchev–Trinajstić information content (AvgIpc) is 3.41. The first-order valence-electron chi connectivity index (χ1n) is 12.0. The monoisotopic (exact) mass is 513 g/mol. The second-order valence-corrected chi connectivity index (χ2v) is 12.8. The molecule has 0 spiro atoms. The molecule has 5 nitrogen and oxygen atoms in total. The van der Waals surface area contributed by atoms with Crippen LogP contribution in [0.3, 0.4) is 0 Å². The van der Waals surface area contributed by atoms with Gasteiger partial charge in [0.25, 0.3) is 0 Å². The third kappa shape index (κ3) is 4.19. The Morgan fingerprint density at radius 2 is 1.92 bits per heavy atom. The first kappa shape index (κ1) is 24.5. The van der Waals surface area contributed by atoms with E-state index < -0.39 is 5.41 Å². The highest BCUT2D eigenvalue weighted by atomic mass is 35.5. The van der Waals surface area contributed by atoms with Gasteiger partial charge in [0.05, 0.1) is 28.7 Å². The standard InChI is InChI=1S/C29H29ClN5P/c1-18-12-21(15-32-28(18)36(4)5)26-22-14-24-20(16-33-34-24)13-25(22)35(27(26)29(2,3)10-11-31)17-19-8-6-7-9-23(19)30/h6-9,12-16H,10,17H2,1-5H3,(H,33,34). The van der Waals surface area contributed by atoms with E-state index in [-0.39, 0.29) is 7.92 Å². The molecule has 1 N–H and O–H groups in total. The van der Waals surface area contributed by atoms with Gasteiger partial charge in [0, 0.05) is 57.2 Å². The largest absolute Gasteiger partial charge is 0.339 e. The number of fused-ring (bicyclic) bond motifs is 2. The topological polar surface area (TPSA) is 70.3 Å². The van der Waals surface area contributed by atoms with Crippen molar-refractivity contribution in [2.45, 2.75) is 39.2 Å². The molecule has 36 heavy (non-hydrogen) atoms. The number of hydrogen-bond acceptors (Lipinski definition) is 3. The van der Waals surface area contributed by atoms with E-state index in [1.165, 1.54) is 11.0 Å². The number of rotatable bonds is 6. The fourth-order valence-corrected chi connectivity index (χ4v) is 6.45. The van der Waals surface area contributed by atoms with E-state index >= 15 is 0 Å². The zero-order valence-corrected chi connectivity index (χ0v) is 22.9. The van der Waals surface area contributed by atoms with Crippen LogP contribution in [0.2, 0.25) is 5.02 Å². The van der Waals surface area contributed by atoms with Gasteiger partial charge >= 0.3 is 0 Å². The normalized spacial score (nSPS) is 12.1. The molecule has 2 aromatic carbocycles. The summed E-state index contributed by atoms with van der Waals surface area (Å²) in [4.78, 5) is 4.90. The van der Waals surface area contributed by atoms with Gasteiger partial charge in [0.15, 0.2) is 0 Å². The van der Waals surface area contributed by atoms with Gasteiger partial charge in [0.2, 0.25) is 0 Å². The SMILES string of the molecule is Cc1cc(-c2c(C(C)(C)CC#N)n(Cc3ccccc3Cl)c3cc4cn[nH]c4cc23)cnc1P(C)C. The number of nitrogens with zero attached hydrogens (tertiary/aromatic N) is 4. The van der Waals surface area contributed by atoms with Crippen LogP contribution in [0.15, 0.2) is 54.9 Å². The summed E-state index contributed by atoms with van der Waals surface area (Å²) in [5, 5.41) is 20.1. The number of aromatic nitrogens is 4. The molecule has 3 aromatic heterocycles. The van der Waals surface area contributed by atoms with Crippen LogP contribution in [-0.2, 0) is 12.0 Å². The van der Waals surface area contributed by atoms with Crippen molar-refractivity contribution in [2.75, 3.05) is 13.3 Å². The maximum absolute atomic E-state index is 9.78. The van der Waals surface area contributed by atoms with E-state index in [2.05, 4.69) is 79.2 Å². The lowest BCUT2D eigenvalue weighted by Gasteiger charge is -2.27. The molecule has 0 radical (unpaired) electrons. The van der Waals surface area contributed by atoms with Gasteiger partial charge in [-0.25, -0.2) is 0 Å². The summed E-state index contributed by atoms with van der Waals surface area (Å²) in [5.41, 5.74) is 8.36. The molecule has 0 aliphatic carbocycles. The quantitative estimate of drug-likeness (QED) is 0.245. The van der Waals surface area contributed by atoms with Crippen molar-refractivity contribution < 1.29 is 0 Å². The Balaban J connectivity index is 1.89. The lowest BCUT2D eigenvalue weighted by Crippen LogP contribution is -2.23. The Kier molecular flexibility index (Phi) is 6.37. The van der Waals surface area contributed by atoms with Crippen molar-refractivity contribution in [3.63, 3.8) is 0 Å². The molecule has 0 amide bonds. The van der Waals surface area contributed by atoms with Gasteiger partial charge in [-0.1, -0.05) is 51.6 Å². The van der Waals surface area contributed by atoms with Crippen LogP contribution in [0.5, 0.6) is 0 Å². The Bertz CT molecular complexity index is 1640. The number of aromatic amines is 1. The zero-order chi connectivity index (χ0) is 25.6. The van der Waals surface area contributed by atoms with Crippen LogP contribution < -0.4 is 5.44 Å². The van der Waals surface area contributed by atoms with Crippen LogP contribution in [0.25, 0.3) is 32.9 Å². The summed E-state index contributed by atoms with van der Waals surface area (Å²) < 4.78 is 2.34. The van der Waals surface area contributed by atoms with Crippen molar-refractivity contribution in [3.05, 3.63) is 76.7 Å². The number of nitriles is 1. The number of hydrogen-bond donors (Lipinski definition) is 1. The van der Waals surface area contributed by atoms with Crippen LogP contribution in [0.1, 0.15) is 37.1 Å². The number of benzene rings is 2. The number of nitrogens with one attached hydrogen (secondary N) is 1. The molecule has 0 atom stereocenters. The lowest BCUT2D eigenvalue weighted by atomic mass is 9.82. The maximum Gasteiger partial charge on any atom is 0.0658 e. The molecule has 5 rings (SSSR count). The van der Waals surface area contributed by atoms with Gasteiger partial charge < -0.3 is 4.57 Å². The third-order valence-corrected chi connectivity index (χ3v) is 8.52. The fourth-order valence-electron chi connectivity index (χ4n) is 5.20. The van der Waals surface area contributed by atoms with Gasteiger partial charge in [-0.2, -0.15) is 10.4 Å². The van der Waals surface area contributed by atoms with E-state index in [0.29, 0.717) is 13.0 Å². The van der Waals surface area contributed by atoms with Crippen LogP contribution in [-0.4, -0.2) is 33.1 Å². The second kappa shape index (κ2) is 9.36. The Morgan fingerprint density at radius 3 is 2.61 bits per heavy atom. The van der Waals surface area contributed by atoms with Crippen molar-refractivity contribution in [1.29, 1.82) is 5.26 Å². The summed E-state index contributed by atoms with van der Waals surface area (Å²) >= 11 is 6.63. The number of H-pyrrole nitrogens is 1. The second-order valence-electron chi connectivity index (χ2n) is 10.2. The molecule has 0 bridgehead atoms. The maximum atomic E-state index is 9.78. The minimum Gasteiger partial charge on any atom is -0.339 e. The molecule has 0 saturated carbocycles. The van der Waals surface area contributed by atoms with Gasteiger partial charge in [-0.05, 0) is 55.6 Å². The highest BCUT2D eigenvalue weighted by Crippen LogP contribution is 2.44. The predicted molar refractivity (Wildman–Crippen MR) is 152 cm³/mol. The third-order valence-electron chi connectivity index (χ3n) is 6.83. The summed E-state index contributed by atoms with van der Waals surface area (Å²) in [6.07, 6.45) is 4.24. The molecule has 3 heterocycles. The van der Waals surface area contributed by atoms with Crippen LogP contribution in [0.4, 0.5) is 0 Å². The number of aryl methyl sites for hydroxylation is 1. The van der Waals surface area contributed by atoms with E-state index in [9.17, 15) is 5.26 Å². The smallest absolute Gasteiger partial charge is 0.0658 e. The molecule has 0 aliphatic heterocycles. The molecule has 0 fully saturated rings. The molecular formula is C29H29ClN5P. The minimum atomic E-state index is -0.412. The first-order chi connectivity index (χ1) is 17.2. The summed E-state index contributed by atoms with van der Waals surface area (Å²) in [6.45, 7) is 11.5. The minimum absolute atomic E-state index is 0.305. The number of pyridine rings is 1. The summed E-state index contributed by atoms with van der Waals surface area (Å²) in [7, 11) is -0.305. The van der Waals surface area contributed by atoms with Crippen molar-refractivity contribution in [1.82, 2.24) is 19.7 Å². The summed E-state index contributed by atoms with van der Waals surface area (Å²) in [6, 6.07) is 17.0. The Morgan fingerprint density at radius 1 is 1.14 bits per heavy atom. The van der Waals surface area contributed by atoms with Crippen molar-refractivity contribution in [3.8, 4) is 17.2 Å². The molecule has 5 aromatic rings. The van der Waals surface area contributed by atoms with E-state index in [0.717, 1.165) is 49.2 Å². The lowest BCUT2D eigenvalue weighted by molar-refractivity contribution is 0.498. The van der Waals surface area contributed by atoms with E-state index in [1.807, 2.05) is 30.6 Å². The molecular weight excluding hydrogens is 485 g/mol. The molecule has 0 aliphatic rings. The van der Waals surface area contributed by atoms with Crippen molar-refractivity contribution >= 4 is 46.8 Å². The fraction of sp³-hybridized carbons (Fsp3) is 0.276. The van der Waals surface area contributed by atoms with Crippen LogP contribution >= 0.6 is 19.5 Å². The summed E-state index contributed by atoms with van der Waals surface area (Å²) in [5.74, 6) is 0. The predicted octanol–water partition coefficient (Wildman–Crippen LogP) is 7.15.